The maximum Gasteiger partial charge on any atom is 0.251 e. The van der Waals surface area contributed by atoms with Gasteiger partial charge in [0.1, 0.15) is 0 Å². The Morgan fingerprint density at radius 3 is 2.83 bits per heavy atom. The lowest BCUT2D eigenvalue weighted by Gasteiger charge is -2.52. The van der Waals surface area contributed by atoms with E-state index in [1.165, 1.54) is 38.8 Å². The van der Waals surface area contributed by atoms with Crippen LogP contribution < -0.4 is 5.32 Å². The van der Waals surface area contributed by atoms with Crippen molar-refractivity contribution in [2.24, 2.45) is 5.92 Å². The number of benzene rings is 1. The van der Waals surface area contributed by atoms with E-state index in [4.69, 9.17) is 0 Å². The maximum absolute atomic E-state index is 12.8. The molecule has 4 heterocycles. The molecule has 23 heavy (non-hydrogen) atoms. The van der Waals surface area contributed by atoms with Gasteiger partial charge in [-0.1, -0.05) is 12.1 Å². The zero-order valence-corrected chi connectivity index (χ0v) is 13.2. The minimum Gasteiger partial charge on any atom is -0.347 e. The summed E-state index contributed by atoms with van der Waals surface area (Å²) >= 11 is 0. The summed E-state index contributed by atoms with van der Waals surface area (Å²) in [4.78, 5) is 19.8. The third kappa shape index (κ3) is 2.01. The third-order valence-electron chi connectivity index (χ3n) is 6.14. The molecule has 1 N–H and O–H groups in total. The van der Waals surface area contributed by atoms with Crippen LogP contribution in [0.25, 0.3) is 10.9 Å². The van der Waals surface area contributed by atoms with Crippen LogP contribution in [-0.2, 0) is 0 Å². The first-order chi connectivity index (χ1) is 11.3. The van der Waals surface area contributed by atoms with Crippen molar-refractivity contribution in [2.45, 2.75) is 37.3 Å². The number of carbonyl (C=O) groups excluding carboxylic acids is 1. The zero-order chi connectivity index (χ0) is 15.4. The van der Waals surface area contributed by atoms with Crippen molar-refractivity contribution in [2.75, 3.05) is 13.1 Å². The van der Waals surface area contributed by atoms with E-state index in [-0.39, 0.29) is 11.4 Å². The smallest absolute Gasteiger partial charge is 0.251 e. The van der Waals surface area contributed by atoms with Crippen LogP contribution in [0, 0.1) is 5.92 Å². The molecule has 1 aromatic heterocycles. The van der Waals surface area contributed by atoms with E-state index in [9.17, 15) is 4.79 Å². The molecule has 1 amide bonds. The molecule has 2 aromatic rings. The number of carbonyl (C=O) groups is 1. The fourth-order valence-corrected chi connectivity index (χ4v) is 4.75. The Balaban J connectivity index is 1.42. The van der Waals surface area contributed by atoms with Crippen molar-refractivity contribution in [1.82, 2.24) is 15.2 Å². The molecule has 1 spiro atoms. The highest BCUT2D eigenvalue weighted by Crippen LogP contribution is 2.53. The number of pyridine rings is 1. The summed E-state index contributed by atoms with van der Waals surface area (Å²) < 4.78 is 0. The summed E-state index contributed by atoms with van der Waals surface area (Å²) in [5, 5.41) is 4.45. The normalized spacial score (nSPS) is 30.5. The molecule has 4 aliphatic rings. The molecule has 6 rings (SSSR count). The summed E-state index contributed by atoms with van der Waals surface area (Å²) in [5.74, 6) is 0.715. The van der Waals surface area contributed by atoms with Gasteiger partial charge in [-0.3, -0.25) is 14.7 Å². The van der Waals surface area contributed by atoms with Gasteiger partial charge in [-0.25, -0.2) is 0 Å². The molecule has 1 aliphatic carbocycles. The predicted octanol–water partition coefficient (Wildman–Crippen LogP) is 2.59. The number of amides is 1. The molecule has 3 saturated heterocycles. The number of aromatic nitrogens is 1. The molecular weight excluding hydrogens is 286 g/mol. The quantitative estimate of drug-likeness (QED) is 0.927. The molecule has 1 atom stereocenters. The Kier molecular flexibility index (Phi) is 2.80. The summed E-state index contributed by atoms with van der Waals surface area (Å²) in [6.07, 6.45) is 6.72. The standard InChI is InChI=1S/C19H21N3O/c23-18(15-4-3-13-2-1-9-20-16(13)12-15)21-17-14-5-10-22(11-6-14)19(17)7-8-19/h1-4,9,12,14,17H,5-8,10-11H2,(H,21,23)/t17-/m0/s1. The Bertz CT molecular complexity index is 775. The van der Waals surface area contributed by atoms with Crippen LogP contribution >= 0.6 is 0 Å². The van der Waals surface area contributed by atoms with E-state index in [1.807, 2.05) is 30.3 Å². The number of piperidine rings is 3. The lowest BCUT2D eigenvalue weighted by Crippen LogP contribution is -2.65. The first kappa shape index (κ1) is 13.5. The van der Waals surface area contributed by atoms with Gasteiger partial charge in [0, 0.05) is 22.7 Å². The summed E-state index contributed by atoms with van der Waals surface area (Å²) in [6.45, 7) is 2.44. The van der Waals surface area contributed by atoms with Gasteiger partial charge in [0.05, 0.1) is 11.6 Å². The van der Waals surface area contributed by atoms with Crippen molar-refractivity contribution in [1.29, 1.82) is 0 Å². The Hall–Kier alpha value is -1.94. The molecular formula is C19H21N3O. The lowest BCUT2D eigenvalue weighted by molar-refractivity contribution is -0.00144. The lowest BCUT2D eigenvalue weighted by atomic mass is 9.77. The van der Waals surface area contributed by atoms with Crippen molar-refractivity contribution in [3.63, 3.8) is 0 Å². The number of hydrogen-bond acceptors (Lipinski definition) is 3. The minimum atomic E-state index is 0.0579. The van der Waals surface area contributed by atoms with E-state index in [0.717, 1.165) is 16.5 Å². The van der Waals surface area contributed by atoms with Crippen LogP contribution in [0.3, 0.4) is 0 Å². The molecule has 3 aliphatic heterocycles. The number of hydrogen-bond donors (Lipinski definition) is 1. The highest BCUT2D eigenvalue weighted by Gasteiger charge is 2.60. The van der Waals surface area contributed by atoms with Crippen LogP contribution in [0.2, 0.25) is 0 Å². The Morgan fingerprint density at radius 2 is 2.04 bits per heavy atom. The van der Waals surface area contributed by atoms with Gasteiger partial charge in [0.2, 0.25) is 0 Å². The van der Waals surface area contributed by atoms with E-state index < -0.39 is 0 Å². The first-order valence-electron chi connectivity index (χ1n) is 8.67. The Labute approximate surface area is 135 Å². The van der Waals surface area contributed by atoms with Gasteiger partial charge >= 0.3 is 0 Å². The summed E-state index contributed by atoms with van der Waals surface area (Å²) in [5.41, 5.74) is 1.89. The third-order valence-corrected chi connectivity index (χ3v) is 6.14. The average Bonchev–Trinajstić information content (AvgIpc) is 3.39. The van der Waals surface area contributed by atoms with Gasteiger partial charge in [-0.05, 0) is 62.9 Å². The molecule has 2 bridgehead atoms. The van der Waals surface area contributed by atoms with Crippen molar-refractivity contribution in [3.8, 4) is 0 Å². The van der Waals surface area contributed by atoms with Crippen LogP contribution in [0.5, 0.6) is 0 Å². The van der Waals surface area contributed by atoms with Crippen LogP contribution in [0.1, 0.15) is 36.0 Å². The van der Waals surface area contributed by atoms with Gasteiger partial charge in [-0.15, -0.1) is 0 Å². The molecule has 0 radical (unpaired) electrons. The van der Waals surface area contributed by atoms with Gasteiger partial charge < -0.3 is 5.32 Å². The second-order valence-corrected chi connectivity index (χ2v) is 7.29. The fourth-order valence-electron chi connectivity index (χ4n) is 4.75. The van der Waals surface area contributed by atoms with E-state index in [1.54, 1.807) is 6.20 Å². The molecule has 118 valence electrons. The number of fused-ring (bicyclic) bond motifs is 3. The van der Waals surface area contributed by atoms with Gasteiger partial charge in [-0.2, -0.15) is 0 Å². The minimum absolute atomic E-state index is 0.0579. The van der Waals surface area contributed by atoms with E-state index >= 15 is 0 Å². The van der Waals surface area contributed by atoms with Crippen molar-refractivity contribution < 1.29 is 4.79 Å². The number of nitrogens with zero attached hydrogens (tertiary/aromatic N) is 2. The second kappa shape index (κ2) is 4.78. The van der Waals surface area contributed by atoms with Crippen molar-refractivity contribution in [3.05, 3.63) is 42.1 Å². The number of rotatable bonds is 2. The monoisotopic (exact) mass is 307 g/mol. The van der Waals surface area contributed by atoms with E-state index in [0.29, 0.717) is 12.0 Å². The molecule has 1 saturated carbocycles. The Morgan fingerprint density at radius 1 is 1.22 bits per heavy atom. The highest BCUT2D eigenvalue weighted by molar-refractivity contribution is 5.98. The van der Waals surface area contributed by atoms with E-state index in [2.05, 4.69) is 15.2 Å². The second-order valence-electron chi connectivity index (χ2n) is 7.29. The SMILES string of the molecule is O=C(N[C@H]1C2CCN(CC2)C12CC2)c1ccc2cccnc2c1. The molecule has 0 unspecified atom stereocenters. The highest BCUT2D eigenvalue weighted by atomic mass is 16.1. The summed E-state index contributed by atoms with van der Waals surface area (Å²) in [6, 6.07) is 10.1. The molecule has 4 nitrogen and oxygen atoms in total. The van der Waals surface area contributed by atoms with Crippen LogP contribution in [0.4, 0.5) is 0 Å². The zero-order valence-electron chi connectivity index (χ0n) is 13.2. The molecule has 4 heteroatoms. The van der Waals surface area contributed by atoms with Crippen molar-refractivity contribution >= 4 is 16.8 Å². The summed E-state index contributed by atoms with van der Waals surface area (Å²) in [7, 11) is 0. The van der Waals surface area contributed by atoms with Crippen LogP contribution in [0.15, 0.2) is 36.5 Å². The fraction of sp³-hybridized carbons (Fsp3) is 0.474. The topological polar surface area (TPSA) is 45.2 Å². The predicted molar refractivity (Wildman–Crippen MR) is 89.3 cm³/mol. The van der Waals surface area contributed by atoms with Crippen LogP contribution in [-0.4, -0.2) is 40.5 Å². The number of nitrogens with one attached hydrogen (secondary N) is 1. The van der Waals surface area contributed by atoms with Gasteiger partial charge in [0.25, 0.3) is 5.91 Å². The largest absolute Gasteiger partial charge is 0.347 e. The van der Waals surface area contributed by atoms with Gasteiger partial charge in [0.15, 0.2) is 0 Å². The first-order valence-corrected chi connectivity index (χ1v) is 8.67. The molecule has 4 fully saturated rings. The maximum atomic E-state index is 12.8. The molecule has 1 aromatic carbocycles. The average molecular weight is 307 g/mol.